The van der Waals surface area contributed by atoms with Crippen LogP contribution in [0, 0.1) is 13.8 Å². The highest BCUT2D eigenvalue weighted by atomic mass is 35.5. The molecular weight excluding hydrogens is 346 g/mol. The molecule has 0 fully saturated rings. The lowest BCUT2D eigenvalue weighted by Gasteiger charge is -2.12. The summed E-state index contributed by atoms with van der Waals surface area (Å²) in [5, 5.41) is 3.19. The maximum atomic E-state index is 12.2. The number of aryl methyl sites for hydroxylation is 2. The Balaban J connectivity index is 1.66. The van der Waals surface area contributed by atoms with Crippen LogP contribution in [0.25, 0.3) is 0 Å². The molecular formula is C18H18ClNO5. The summed E-state index contributed by atoms with van der Waals surface area (Å²) in [4.78, 5) is 23.9. The number of hydrogen-bond acceptors (Lipinski definition) is 5. The van der Waals surface area contributed by atoms with E-state index in [1.807, 2.05) is 0 Å². The zero-order chi connectivity index (χ0) is 18.1. The highest BCUT2D eigenvalue weighted by Crippen LogP contribution is 2.37. The first-order valence-corrected chi connectivity index (χ1v) is 8.19. The molecule has 1 atom stereocenters. The van der Waals surface area contributed by atoms with E-state index in [0.29, 0.717) is 46.4 Å². The Morgan fingerprint density at radius 2 is 2.08 bits per heavy atom. The van der Waals surface area contributed by atoms with E-state index >= 15 is 0 Å². The van der Waals surface area contributed by atoms with Gasteiger partial charge in [-0.05, 0) is 32.0 Å². The molecule has 0 saturated heterocycles. The van der Waals surface area contributed by atoms with Crippen molar-refractivity contribution in [1.82, 2.24) is 5.32 Å². The number of esters is 1. The van der Waals surface area contributed by atoms with Crippen molar-refractivity contribution in [2.45, 2.75) is 26.4 Å². The maximum absolute atomic E-state index is 12.2. The van der Waals surface area contributed by atoms with Crippen LogP contribution >= 0.6 is 11.6 Å². The molecule has 2 aromatic rings. The van der Waals surface area contributed by atoms with Crippen molar-refractivity contribution < 1.29 is 23.5 Å². The molecule has 1 unspecified atom stereocenters. The molecule has 1 aromatic carbocycles. The quantitative estimate of drug-likeness (QED) is 0.845. The van der Waals surface area contributed by atoms with Crippen LogP contribution < -0.4 is 10.1 Å². The van der Waals surface area contributed by atoms with Crippen LogP contribution in [0.2, 0.25) is 5.02 Å². The highest BCUT2D eigenvalue weighted by Gasteiger charge is 2.27. The van der Waals surface area contributed by atoms with Crippen molar-refractivity contribution in [3.05, 3.63) is 51.4 Å². The molecule has 0 aliphatic carbocycles. The van der Waals surface area contributed by atoms with Gasteiger partial charge >= 0.3 is 5.97 Å². The monoisotopic (exact) mass is 363 g/mol. The first-order chi connectivity index (χ1) is 11.9. The van der Waals surface area contributed by atoms with Crippen LogP contribution in [-0.2, 0) is 11.2 Å². The van der Waals surface area contributed by atoms with Crippen molar-refractivity contribution in [1.29, 1.82) is 0 Å². The van der Waals surface area contributed by atoms with E-state index < -0.39 is 5.97 Å². The second kappa shape index (κ2) is 6.80. The van der Waals surface area contributed by atoms with Gasteiger partial charge in [0.1, 0.15) is 23.4 Å². The van der Waals surface area contributed by atoms with E-state index in [1.165, 1.54) is 13.2 Å². The van der Waals surface area contributed by atoms with Crippen molar-refractivity contribution in [3.63, 3.8) is 0 Å². The number of nitrogens with one attached hydrogen (secondary N) is 1. The van der Waals surface area contributed by atoms with Crippen LogP contribution in [0.4, 0.5) is 0 Å². The minimum Gasteiger partial charge on any atom is -0.486 e. The normalized spacial score (nSPS) is 15.4. The predicted octanol–water partition coefficient (Wildman–Crippen LogP) is 3.07. The molecule has 7 heteroatoms. The first-order valence-electron chi connectivity index (χ1n) is 7.81. The summed E-state index contributed by atoms with van der Waals surface area (Å²) in [6, 6.07) is 4.93. The second-order valence-corrected chi connectivity index (χ2v) is 6.33. The van der Waals surface area contributed by atoms with E-state index in [-0.39, 0.29) is 12.0 Å². The number of carbonyl (C=O) groups is 2. The zero-order valence-corrected chi connectivity index (χ0v) is 14.9. The standard InChI is InChI=1S/C18H18ClNO5/c1-9-4-14(10(2)24-9)17(21)20-8-13-6-11-5-12(18(22)23-3)7-15(19)16(11)25-13/h4-5,7,13H,6,8H2,1-3H3,(H,20,21). The minimum atomic E-state index is -0.452. The third-order valence-electron chi connectivity index (χ3n) is 4.05. The average molecular weight is 364 g/mol. The number of amides is 1. The number of carbonyl (C=O) groups excluding carboxylic acids is 2. The summed E-state index contributed by atoms with van der Waals surface area (Å²) >= 11 is 6.19. The lowest BCUT2D eigenvalue weighted by atomic mass is 10.1. The van der Waals surface area contributed by atoms with E-state index in [0.717, 1.165) is 5.56 Å². The third-order valence-corrected chi connectivity index (χ3v) is 4.33. The molecule has 0 radical (unpaired) electrons. The van der Waals surface area contributed by atoms with E-state index in [2.05, 4.69) is 5.32 Å². The van der Waals surface area contributed by atoms with Gasteiger partial charge in [0.15, 0.2) is 0 Å². The Morgan fingerprint density at radius 1 is 1.32 bits per heavy atom. The van der Waals surface area contributed by atoms with Crippen LogP contribution in [0.1, 0.15) is 37.8 Å². The Labute approximate surface area is 150 Å². The molecule has 0 saturated carbocycles. The average Bonchev–Trinajstić information content (AvgIpc) is 3.14. The Hall–Kier alpha value is -2.47. The Bertz CT molecular complexity index is 842. The van der Waals surface area contributed by atoms with Gasteiger partial charge in [-0.1, -0.05) is 11.6 Å². The van der Waals surface area contributed by atoms with E-state index in [4.69, 9.17) is 25.5 Å². The number of rotatable bonds is 4. The Kier molecular flexibility index (Phi) is 4.72. The van der Waals surface area contributed by atoms with Crippen molar-refractivity contribution in [2.75, 3.05) is 13.7 Å². The summed E-state index contributed by atoms with van der Waals surface area (Å²) in [5.74, 6) is 1.15. The van der Waals surface area contributed by atoms with Gasteiger partial charge in [0, 0.05) is 12.0 Å². The number of hydrogen-bond donors (Lipinski definition) is 1. The van der Waals surface area contributed by atoms with Gasteiger partial charge < -0.3 is 19.2 Å². The van der Waals surface area contributed by atoms with Crippen molar-refractivity contribution in [3.8, 4) is 5.75 Å². The van der Waals surface area contributed by atoms with Gasteiger partial charge in [-0.25, -0.2) is 4.79 Å². The minimum absolute atomic E-state index is 0.213. The lowest BCUT2D eigenvalue weighted by Crippen LogP contribution is -2.34. The van der Waals surface area contributed by atoms with Gasteiger partial charge in [-0.15, -0.1) is 0 Å². The van der Waals surface area contributed by atoms with Crippen LogP contribution in [0.5, 0.6) is 5.75 Å². The molecule has 6 nitrogen and oxygen atoms in total. The van der Waals surface area contributed by atoms with Crippen molar-refractivity contribution >= 4 is 23.5 Å². The fraction of sp³-hybridized carbons (Fsp3) is 0.333. The Morgan fingerprint density at radius 3 is 2.72 bits per heavy atom. The molecule has 132 valence electrons. The van der Waals surface area contributed by atoms with E-state index in [9.17, 15) is 9.59 Å². The van der Waals surface area contributed by atoms with Crippen LogP contribution in [0.15, 0.2) is 22.6 Å². The molecule has 0 spiro atoms. The molecule has 1 aliphatic rings. The number of ether oxygens (including phenoxy) is 2. The van der Waals surface area contributed by atoms with Crippen molar-refractivity contribution in [2.24, 2.45) is 0 Å². The van der Waals surface area contributed by atoms with Gasteiger partial charge in [0.25, 0.3) is 5.91 Å². The largest absolute Gasteiger partial charge is 0.486 e. The molecule has 1 aliphatic heterocycles. The number of benzene rings is 1. The molecule has 1 aromatic heterocycles. The lowest BCUT2D eigenvalue weighted by molar-refractivity contribution is 0.0600. The molecule has 2 heterocycles. The van der Waals surface area contributed by atoms with Gasteiger partial charge in [0.05, 0.1) is 29.8 Å². The zero-order valence-electron chi connectivity index (χ0n) is 14.1. The van der Waals surface area contributed by atoms with Gasteiger partial charge in [-0.2, -0.15) is 0 Å². The summed E-state index contributed by atoms with van der Waals surface area (Å²) < 4.78 is 15.9. The molecule has 3 rings (SSSR count). The summed E-state index contributed by atoms with van der Waals surface area (Å²) in [7, 11) is 1.32. The number of fused-ring (bicyclic) bond motifs is 1. The SMILES string of the molecule is COC(=O)c1cc(Cl)c2c(c1)CC(CNC(=O)c1cc(C)oc1C)O2. The van der Waals surface area contributed by atoms with Gasteiger partial charge in [0.2, 0.25) is 0 Å². The number of methoxy groups -OCH3 is 1. The highest BCUT2D eigenvalue weighted by molar-refractivity contribution is 6.32. The molecule has 1 N–H and O–H groups in total. The fourth-order valence-electron chi connectivity index (χ4n) is 2.90. The number of halogens is 1. The summed E-state index contributed by atoms with van der Waals surface area (Å²) in [6.45, 7) is 3.86. The molecule has 1 amide bonds. The topological polar surface area (TPSA) is 77.8 Å². The molecule has 25 heavy (non-hydrogen) atoms. The van der Waals surface area contributed by atoms with Crippen LogP contribution in [-0.4, -0.2) is 31.6 Å². The summed E-state index contributed by atoms with van der Waals surface area (Å²) in [6.07, 6.45) is 0.293. The second-order valence-electron chi connectivity index (χ2n) is 5.92. The predicted molar refractivity (Wildman–Crippen MR) is 91.4 cm³/mol. The van der Waals surface area contributed by atoms with E-state index in [1.54, 1.807) is 26.0 Å². The van der Waals surface area contributed by atoms with Gasteiger partial charge in [-0.3, -0.25) is 4.79 Å². The first kappa shape index (κ1) is 17.4. The maximum Gasteiger partial charge on any atom is 0.337 e. The molecule has 0 bridgehead atoms. The number of furan rings is 1. The van der Waals surface area contributed by atoms with Crippen LogP contribution in [0.3, 0.4) is 0 Å². The smallest absolute Gasteiger partial charge is 0.337 e. The summed E-state index contributed by atoms with van der Waals surface area (Å²) in [5.41, 5.74) is 1.71. The third kappa shape index (κ3) is 3.49. The fourth-order valence-corrected chi connectivity index (χ4v) is 3.18.